The van der Waals surface area contributed by atoms with E-state index in [0.29, 0.717) is 30.3 Å². The highest BCUT2D eigenvalue weighted by Gasteiger charge is 2.37. The second-order valence-corrected chi connectivity index (χ2v) is 8.70. The van der Waals surface area contributed by atoms with Crippen molar-refractivity contribution in [3.8, 4) is 11.5 Å². The molecule has 1 aromatic heterocycles. The average Bonchev–Trinajstić information content (AvgIpc) is 2.85. The molecule has 0 fully saturated rings. The van der Waals surface area contributed by atoms with Crippen molar-refractivity contribution >= 4 is 17.5 Å². The molecule has 2 aromatic carbocycles. The van der Waals surface area contributed by atoms with Gasteiger partial charge in [-0.25, -0.2) is 0 Å². The third kappa shape index (κ3) is 4.03. The molecule has 5 rings (SSSR count). The van der Waals surface area contributed by atoms with E-state index in [1.54, 1.807) is 15.6 Å². The van der Waals surface area contributed by atoms with Gasteiger partial charge < -0.3 is 14.7 Å². The lowest BCUT2D eigenvalue weighted by atomic mass is 9.97. The zero-order chi connectivity index (χ0) is 23.7. The Morgan fingerprint density at radius 3 is 2.62 bits per heavy atom. The summed E-state index contributed by atoms with van der Waals surface area (Å²) in [6, 6.07) is 16.3. The Labute approximate surface area is 202 Å². The summed E-state index contributed by atoms with van der Waals surface area (Å²) in [6.45, 7) is 1.19. The molecule has 2 bridgehead atoms. The van der Waals surface area contributed by atoms with Crippen molar-refractivity contribution in [1.29, 1.82) is 0 Å². The SMILES string of the molecule is O=C1c2c(O)c(=O)ccn2N2CN1CC/C=C\CCOc1cc(Cl)ccc1[C@@H]2c1ccccc1. The number of halogens is 1. The minimum absolute atomic E-state index is 0.0463. The third-order valence-electron chi connectivity index (χ3n) is 6.09. The van der Waals surface area contributed by atoms with Gasteiger partial charge in [0, 0.05) is 29.4 Å². The van der Waals surface area contributed by atoms with Gasteiger partial charge in [-0.3, -0.25) is 19.3 Å². The Kier molecular flexibility index (Phi) is 6.02. The fourth-order valence-electron chi connectivity index (χ4n) is 4.48. The Hall–Kier alpha value is -3.71. The number of hydrogen-bond acceptors (Lipinski definition) is 5. The lowest BCUT2D eigenvalue weighted by Crippen LogP contribution is -2.55. The molecule has 7 nitrogen and oxygen atoms in total. The van der Waals surface area contributed by atoms with Gasteiger partial charge in [0.15, 0.2) is 11.4 Å². The lowest BCUT2D eigenvalue weighted by molar-refractivity contribution is 0.0683. The smallest absolute Gasteiger partial charge is 0.277 e. The van der Waals surface area contributed by atoms with E-state index in [-0.39, 0.29) is 18.3 Å². The number of aromatic hydroxyl groups is 1. The number of ether oxygens (including phenoxy) is 1. The highest BCUT2D eigenvalue weighted by molar-refractivity contribution is 6.30. The van der Waals surface area contributed by atoms with Crippen molar-refractivity contribution in [2.24, 2.45) is 0 Å². The third-order valence-corrected chi connectivity index (χ3v) is 6.33. The van der Waals surface area contributed by atoms with Gasteiger partial charge >= 0.3 is 0 Å². The normalized spacial score (nSPS) is 19.1. The van der Waals surface area contributed by atoms with Crippen LogP contribution in [0, 0.1) is 0 Å². The molecule has 2 aliphatic rings. The summed E-state index contributed by atoms with van der Waals surface area (Å²) in [5, 5.41) is 13.1. The van der Waals surface area contributed by atoms with Gasteiger partial charge in [0.25, 0.3) is 5.91 Å². The molecular formula is C26H24ClN3O4. The number of fused-ring (bicyclic) bond motifs is 5. The van der Waals surface area contributed by atoms with Crippen molar-refractivity contribution in [3.63, 3.8) is 0 Å². The molecule has 2 aliphatic heterocycles. The topological polar surface area (TPSA) is 75.0 Å². The molecule has 0 unspecified atom stereocenters. The molecule has 0 spiro atoms. The summed E-state index contributed by atoms with van der Waals surface area (Å²) in [4.78, 5) is 27.3. The van der Waals surface area contributed by atoms with Crippen LogP contribution in [-0.2, 0) is 0 Å². The molecule has 8 heteroatoms. The molecule has 0 saturated carbocycles. The molecule has 1 atom stereocenters. The predicted molar refractivity (Wildman–Crippen MR) is 130 cm³/mol. The molecule has 1 N–H and O–H groups in total. The number of pyridine rings is 1. The second kappa shape index (κ2) is 9.27. The quantitative estimate of drug-likeness (QED) is 0.535. The van der Waals surface area contributed by atoms with Crippen molar-refractivity contribution in [2.45, 2.75) is 18.9 Å². The van der Waals surface area contributed by atoms with E-state index in [2.05, 4.69) is 0 Å². The van der Waals surface area contributed by atoms with Crippen LogP contribution in [0.15, 0.2) is 77.7 Å². The lowest BCUT2D eigenvalue weighted by Gasteiger charge is -2.44. The molecule has 1 amide bonds. The van der Waals surface area contributed by atoms with E-state index in [0.717, 1.165) is 17.5 Å². The summed E-state index contributed by atoms with van der Waals surface area (Å²) in [7, 11) is 0. The van der Waals surface area contributed by atoms with Crippen molar-refractivity contribution < 1.29 is 14.6 Å². The zero-order valence-electron chi connectivity index (χ0n) is 18.4. The van der Waals surface area contributed by atoms with E-state index in [1.165, 1.54) is 12.3 Å². The fraction of sp³-hybridized carbons (Fsp3) is 0.231. The van der Waals surface area contributed by atoms with E-state index in [4.69, 9.17) is 16.3 Å². The first-order valence-corrected chi connectivity index (χ1v) is 11.6. The number of carbonyl (C=O) groups excluding carboxylic acids is 1. The summed E-state index contributed by atoms with van der Waals surface area (Å²) in [6.07, 6.45) is 6.94. The Bertz CT molecular complexity index is 1310. The first-order valence-electron chi connectivity index (χ1n) is 11.2. The summed E-state index contributed by atoms with van der Waals surface area (Å²) < 4.78 is 7.76. The zero-order valence-corrected chi connectivity index (χ0v) is 19.2. The minimum atomic E-state index is -0.592. The maximum atomic E-state index is 13.3. The van der Waals surface area contributed by atoms with Crippen molar-refractivity contribution in [3.05, 3.63) is 105 Å². The van der Waals surface area contributed by atoms with Crippen LogP contribution < -0.4 is 15.2 Å². The Morgan fingerprint density at radius 1 is 1.00 bits per heavy atom. The van der Waals surface area contributed by atoms with Crippen LogP contribution in [0.25, 0.3) is 0 Å². The van der Waals surface area contributed by atoms with E-state index in [9.17, 15) is 14.7 Å². The van der Waals surface area contributed by atoms with Crippen LogP contribution in [0.5, 0.6) is 11.5 Å². The van der Waals surface area contributed by atoms with Crippen molar-refractivity contribution in [1.82, 2.24) is 9.58 Å². The summed E-state index contributed by atoms with van der Waals surface area (Å²) in [5.41, 5.74) is 1.18. The number of hydrogen-bond donors (Lipinski definition) is 1. The van der Waals surface area contributed by atoms with E-state index < -0.39 is 17.2 Å². The molecule has 0 radical (unpaired) electrons. The summed E-state index contributed by atoms with van der Waals surface area (Å²) in [5.74, 6) is -0.292. The van der Waals surface area contributed by atoms with Crippen LogP contribution in [0.4, 0.5) is 0 Å². The largest absolute Gasteiger partial charge is 0.502 e. The molecule has 3 aromatic rings. The maximum Gasteiger partial charge on any atom is 0.277 e. The molecular weight excluding hydrogens is 454 g/mol. The number of nitrogens with zero attached hydrogens (tertiary/aromatic N) is 3. The highest BCUT2D eigenvalue weighted by Crippen LogP contribution is 2.38. The van der Waals surface area contributed by atoms with E-state index in [1.807, 2.05) is 59.6 Å². The van der Waals surface area contributed by atoms with Gasteiger partial charge in [0.05, 0.1) is 6.61 Å². The summed E-state index contributed by atoms with van der Waals surface area (Å²) >= 11 is 6.33. The Balaban J connectivity index is 1.77. The molecule has 3 heterocycles. The fourth-order valence-corrected chi connectivity index (χ4v) is 4.64. The number of carbonyl (C=O) groups is 1. The van der Waals surface area contributed by atoms with Gasteiger partial charge in [-0.2, -0.15) is 0 Å². The first-order chi connectivity index (χ1) is 16.5. The van der Waals surface area contributed by atoms with Crippen molar-refractivity contribution in [2.75, 3.05) is 24.8 Å². The van der Waals surface area contributed by atoms with Gasteiger partial charge in [0.2, 0.25) is 5.43 Å². The van der Waals surface area contributed by atoms with E-state index >= 15 is 0 Å². The molecule has 174 valence electrons. The maximum absolute atomic E-state index is 13.3. The molecule has 0 aliphatic carbocycles. The second-order valence-electron chi connectivity index (χ2n) is 8.26. The minimum Gasteiger partial charge on any atom is -0.502 e. The van der Waals surface area contributed by atoms with Crippen LogP contribution in [0.1, 0.15) is 40.5 Å². The van der Waals surface area contributed by atoms with Gasteiger partial charge in [0.1, 0.15) is 18.5 Å². The number of aromatic nitrogens is 1. The van der Waals surface area contributed by atoms with Crippen LogP contribution in [0.2, 0.25) is 5.02 Å². The van der Waals surface area contributed by atoms with Gasteiger partial charge in [-0.1, -0.05) is 60.2 Å². The Morgan fingerprint density at radius 2 is 1.79 bits per heavy atom. The monoisotopic (exact) mass is 477 g/mol. The predicted octanol–water partition coefficient (Wildman–Crippen LogP) is 4.08. The molecule has 34 heavy (non-hydrogen) atoms. The van der Waals surface area contributed by atoms with Gasteiger partial charge in [-0.15, -0.1) is 0 Å². The first kappa shape index (κ1) is 22.1. The average molecular weight is 478 g/mol. The molecule has 0 saturated heterocycles. The number of amides is 1. The van der Waals surface area contributed by atoms with Crippen LogP contribution >= 0.6 is 11.6 Å². The standard InChI is InChI=1S/C26H24ClN3O4/c27-19-10-11-20-22(16-19)34-15-7-2-1-6-13-28-17-30(23(20)18-8-4-3-5-9-18)29-14-12-21(31)25(32)24(29)26(28)33/h1-5,8-12,14,16,23,32H,6-7,13,15,17H2/b2-1-/t23-/m0/s1. The number of rotatable bonds is 1. The van der Waals surface area contributed by atoms with Crippen LogP contribution in [0.3, 0.4) is 0 Å². The number of benzene rings is 2. The van der Waals surface area contributed by atoms with Gasteiger partial charge in [-0.05, 0) is 30.5 Å². The highest BCUT2D eigenvalue weighted by atomic mass is 35.5. The van der Waals surface area contributed by atoms with Crippen LogP contribution in [-0.4, -0.2) is 40.4 Å².